The van der Waals surface area contributed by atoms with Gasteiger partial charge in [-0.1, -0.05) is 6.08 Å². The fourth-order valence-corrected chi connectivity index (χ4v) is 4.44. The average Bonchev–Trinajstić information content (AvgIpc) is 2.69. The monoisotopic (exact) mass is 477 g/mol. The molecule has 0 saturated carbocycles. The van der Waals surface area contributed by atoms with Gasteiger partial charge >= 0.3 is 5.97 Å². The Hall–Kier alpha value is -2.44. The number of ether oxygens (including phenoxy) is 1. The summed E-state index contributed by atoms with van der Waals surface area (Å²) in [5, 5.41) is 0. The van der Waals surface area contributed by atoms with Crippen LogP contribution >= 0.6 is 0 Å². The van der Waals surface area contributed by atoms with Crippen molar-refractivity contribution in [3.05, 3.63) is 47.3 Å². The van der Waals surface area contributed by atoms with Crippen molar-refractivity contribution in [2.24, 2.45) is 5.73 Å². The maximum Gasteiger partial charge on any atom is 0.330 e. The zero-order valence-corrected chi connectivity index (χ0v) is 18.6. The van der Waals surface area contributed by atoms with Gasteiger partial charge in [-0.3, -0.25) is 4.79 Å². The lowest BCUT2D eigenvalue weighted by Crippen LogP contribution is -2.56. The van der Waals surface area contributed by atoms with E-state index in [2.05, 4.69) is 0 Å². The number of piperazine rings is 1. The molecular formula is C20H26F3N3O5S. The first-order valence-corrected chi connectivity index (χ1v) is 11.8. The average molecular weight is 478 g/mol. The standard InChI is InChI=1S/C20H26F3N3O5S/c1-3-31-20(28)5-4-15-12-25(6-7-26(15)32(2,29)30)19(27)10-14(24)8-13-9-17(22)18(23)11-16(13)21/h4-5,9,11,14-15H,3,6-8,10,12,24H2,1-2H3/b5-4+/t14-,15?/m1/s1. The zero-order chi connectivity index (χ0) is 24.1. The topological polar surface area (TPSA) is 110 Å². The van der Waals surface area contributed by atoms with Crippen LogP contribution in [0.1, 0.15) is 18.9 Å². The van der Waals surface area contributed by atoms with Crippen LogP contribution in [0.25, 0.3) is 0 Å². The molecule has 1 aromatic rings. The summed E-state index contributed by atoms with van der Waals surface area (Å²) in [6.45, 7) is 1.88. The van der Waals surface area contributed by atoms with Gasteiger partial charge in [0.15, 0.2) is 11.6 Å². The minimum atomic E-state index is -3.60. The molecule has 1 heterocycles. The molecule has 0 bridgehead atoms. The maximum atomic E-state index is 13.8. The smallest absolute Gasteiger partial charge is 0.330 e. The third kappa shape index (κ3) is 7.04. The highest BCUT2D eigenvalue weighted by Crippen LogP contribution is 2.18. The highest BCUT2D eigenvalue weighted by Gasteiger charge is 2.33. The van der Waals surface area contributed by atoms with Gasteiger partial charge in [0, 0.05) is 44.2 Å². The van der Waals surface area contributed by atoms with E-state index in [-0.39, 0.29) is 44.6 Å². The van der Waals surface area contributed by atoms with Crippen LogP contribution in [-0.4, -0.2) is 74.1 Å². The molecule has 1 aliphatic rings. The predicted molar refractivity (Wildman–Crippen MR) is 110 cm³/mol. The van der Waals surface area contributed by atoms with E-state index in [9.17, 15) is 31.2 Å². The van der Waals surface area contributed by atoms with Crippen molar-refractivity contribution >= 4 is 21.9 Å². The lowest BCUT2D eigenvalue weighted by atomic mass is 10.0. The van der Waals surface area contributed by atoms with Gasteiger partial charge in [0.05, 0.1) is 18.9 Å². The first-order chi connectivity index (χ1) is 14.9. The van der Waals surface area contributed by atoms with Crippen molar-refractivity contribution < 1.29 is 35.9 Å². The van der Waals surface area contributed by atoms with Gasteiger partial charge in [-0.2, -0.15) is 4.31 Å². The fourth-order valence-electron chi connectivity index (χ4n) is 3.40. The Morgan fingerprint density at radius 2 is 1.88 bits per heavy atom. The molecule has 1 unspecified atom stereocenters. The minimum Gasteiger partial charge on any atom is -0.463 e. The highest BCUT2D eigenvalue weighted by molar-refractivity contribution is 7.88. The lowest BCUT2D eigenvalue weighted by Gasteiger charge is -2.39. The number of esters is 1. The molecule has 2 atom stereocenters. The van der Waals surface area contributed by atoms with Gasteiger partial charge in [0.25, 0.3) is 0 Å². The minimum absolute atomic E-state index is 0.00937. The van der Waals surface area contributed by atoms with Gasteiger partial charge in [-0.05, 0) is 25.0 Å². The number of rotatable bonds is 8. The Bertz CT molecular complexity index is 987. The van der Waals surface area contributed by atoms with Crippen LogP contribution in [-0.2, 0) is 30.8 Å². The number of carbonyl (C=O) groups is 2. The van der Waals surface area contributed by atoms with E-state index in [0.717, 1.165) is 12.3 Å². The predicted octanol–water partition coefficient (Wildman–Crippen LogP) is 0.956. The molecular weight excluding hydrogens is 451 g/mol. The van der Waals surface area contributed by atoms with E-state index < -0.39 is 51.4 Å². The second-order valence-electron chi connectivity index (χ2n) is 7.42. The SMILES string of the molecule is CCOC(=O)/C=C/C1CN(C(=O)C[C@H](N)Cc2cc(F)c(F)cc2F)CCN1S(C)(=O)=O. The number of carbonyl (C=O) groups excluding carboxylic acids is 2. The number of amides is 1. The lowest BCUT2D eigenvalue weighted by molar-refractivity contribution is -0.137. The Balaban J connectivity index is 2.06. The third-order valence-electron chi connectivity index (χ3n) is 4.90. The van der Waals surface area contributed by atoms with E-state index in [1.165, 1.54) is 15.3 Å². The number of hydrogen-bond acceptors (Lipinski definition) is 6. The van der Waals surface area contributed by atoms with Crippen molar-refractivity contribution in [2.75, 3.05) is 32.5 Å². The van der Waals surface area contributed by atoms with Crippen LogP contribution in [0.2, 0.25) is 0 Å². The molecule has 2 rings (SSSR count). The molecule has 1 amide bonds. The molecule has 1 saturated heterocycles. The van der Waals surface area contributed by atoms with Crippen LogP contribution in [0.4, 0.5) is 13.2 Å². The summed E-state index contributed by atoms with van der Waals surface area (Å²) in [5.41, 5.74) is 5.77. The van der Waals surface area contributed by atoms with Gasteiger partial charge in [-0.25, -0.2) is 26.4 Å². The quantitative estimate of drug-likeness (QED) is 0.339. The van der Waals surface area contributed by atoms with Crippen LogP contribution in [0.3, 0.4) is 0 Å². The van der Waals surface area contributed by atoms with Crippen molar-refractivity contribution in [2.45, 2.75) is 31.8 Å². The summed E-state index contributed by atoms with van der Waals surface area (Å²) < 4.78 is 70.4. The molecule has 0 aromatic heterocycles. The van der Waals surface area contributed by atoms with Crippen molar-refractivity contribution in [1.82, 2.24) is 9.21 Å². The third-order valence-corrected chi connectivity index (χ3v) is 6.20. The van der Waals surface area contributed by atoms with Gasteiger partial charge in [0.1, 0.15) is 5.82 Å². The van der Waals surface area contributed by atoms with Crippen LogP contribution in [0.5, 0.6) is 0 Å². The summed E-state index contributed by atoms with van der Waals surface area (Å²) in [4.78, 5) is 25.7. The van der Waals surface area contributed by atoms with Crippen molar-refractivity contribution in [3.63, 3.8) is 0 Å². The van der Waals surface area contributed by atoms with Crippen LogP contribution in [0.15, 0.2) is 24.3 Å². The molecule has 0 aliphatic carbocycles. The van der Waals surface area contributed by atoms with E-state index in [1.54, 1.807) is 6.92 Å². The summed E-state index contributed by atoms with van der Waals surface area (Å²) in [6, 6.07) is -0.532. The second kappa shape index (κ2) is 10.9. The molecule has 1 aliphatic heterocycles. The molecule has 2 N–H and O–H groups in total. The van der Waals surface area contributed by atoms with E-state index in [4.69, 9.17) is 10.5 Å². The van der Waals surface area contributed by atoms with Crippen LogP contribution in [0, 0.1) is 17.5 Å². The Morgan fingerprint density at radius 3 is 2.50 bits per heavy atom. The van der Waals surface area contributed by atoms with Crippen LogP contribution < -0.4 is 5.73 Å². The second-order valence-corrected chi connectivity index (χ2v) is 9.35. The first kappa shape index (κ1) is 25.8. The van der Waals surface area contributed by atoms with Crippen molar-refractivity contribution in [3.8, 4) is 0 Å². The Labute approximate surface area is 184 Å². The normalized spacial score (nSPS) is 18.7. The molecule has 1 fully saturated rings. The molecule has 0 spiro atoms. The molecule has 0 radical (unpaired) electrons. The van der Waals surface area contributed by atoms with Crippen molar-refractivity contribution in [1.29, 1.82) is 0 Å². The molecule has 8 nitrogen and oxygen atoms in total. The van der Waals surface area contributed by atoms with Gasteiger partial charge in [0.2, 0.25) is 15.9 Å². The van der Waals surface area contributed by atoms with E-state index in [0.29, 0.717) is 12.1 Å². The highest BCUT2D eigenvalue weighted by atomic mass is 32.2. The Morgan fingerprint density at radius 1 is 1.22 bits per heavy atom. The number of sulfonamides is 1. The van der Waals surface area contributed by atoms with E-state index in [1.807, 2.05) is 0 Å². The number of nitrogens with zero attached hydrogens (tertiary/aromatic N) is 2. The molecule has 1 aromatic carbocycles. The first-order valence-electron chi connectivity index (χ1n) is 9.90. The maximum absolute atomic E-state index is 13.8. The summed E-state index contributed by atoms with van der Waals surface area (Å²) in [7, 11) is -3.60. The number of halogens is 3. The molecule has 12 heteroatoms. The largest absolute Gasteiger partial charge is 0.463 e. The summed E-state index contributed by atoms with van der Waals surface area (Å²) >= 11 is 0. The number of benzene rings is 1. The zero-order valence-electron chi connectivity index (χ0n) is 17.8. The van der Waals surface area contributed by atoms with Gasteiger partial charge < -0.3 is 15.4 Å². The summed E-state index contributed by atoms with van der Waals surface area (Å²) in [6.07, 6.45) is 3.09. The van der Waals surface area contributed by atoms with Gasteiger partial charge in [-0.15, -0.1) is 0 Å². The Kier molecular flexibility index (Phi) is 8.81. The molecule has 178 valence electrons. The number of nitrogens with two attached hydrogens (primary N) is 1. The van der Waals surface area contributed by atoms with E-state index >= 15 is 0 Å². The fraction of sp³-hybridized carbons (Fsp3) is 0.500. The number of hydrogen-bond donors (Lipinski definition) is 1. The molecule has 32 heavy (non-hydrogen) atoms. The summed E-state index contributed by atoms with van der Waals surface area (Å²) in [5.74, 6) is -4.55.